The molecule has 18 heavy (non-hydrogen) atoms. The SMILES string of the molecule is COC1(C(N)C2CCOC3(CCOC3)C2)CCC1. The van der Waals surface area contributed by atoms with Crippen molar-refractivity contribution in [3.05, 3.63) is 0 Å². The molecule has 4 nitrogen and oxygen atoms in total. The Kier molecular flexibility index (Phi) is 3.39. The fourth-order valence-corrected chi connectivity index (χ4v) is 3.86. The zero-order valence-electron chi connectivity index (χ0n) is 11.3. The lowest BCUT2D eigenvalue weighted by atomic mass is 9.67. The third kappa shape index (κ3) is 1.99. The van der Waals surface area contributed by atoms with E-state index in [2.05, 4.69) is 0 Å². The van der Waals surface area contributed by atoms with Gasteiger partial charge in [0, 0.05) is 32.8 Å². The van der Waals surface area contributed by atoms with E-state index in [-0.39, 0.29) is 17.2 Å². The van der Waals surface area contributed by atoms with E-state index in [0.717, 1.165) is 51.9 Å². The predicted octanol–water partition coefficient (Wildman–Crippen LogP) is 1.47. The molecule has 2 aliphatic heterocycles. The smallest absolute Gasteiger partial charge is 0.0939 e. The van der Waals surface area contributed by atoms with Crippen LogP contribution in [0.3, 0.4) is 0 Å². The lowest BCUT2D eigenvalue weighted by Gasteiger charge is -2.50. The molecule has 3 fully saturated rings. The fourth-order valence-electron chi connectivity index (χ4n) is 3.86. The number of rotatable bonds is 3. The molecule has 104 valence electrons. The van der Waals surface area contributed by atoms with Gasteiger partial charge in [-0.3, -0.25) is 0 Å². The molecule has 1 aliphatic carbocycles. The number of ether oxygens (including phenoxy) is 3. The van der Waals surface area contributed by atoms with Crippen LogP contribution in [0.2, 0.25) is 0 Å². The number of methoxy groups -OCH3 is 1. The van der Waals surface area contributed by atoms with Crippen LogP contribution in [0.4, 0.5) is 0 Å². The maximum Gasteiger partial charge on any atom is 0.0939 e. The molecule has 3 unspecified atom stereocenters. The summed E-state index contributed by atoms with van der Waals surface area (Å²) < 4.78 is 17.2. The van der Waals surface area contributed by atoms with Crippen molar-refractivity contribution >= 4 is 0 Å². The van der Waals surface area contributed by atoms with Crippen LogP contribution in [-0.4, -0.2) is 44.2 Å². The standard InChI is InChI=1S/C14H25NO3/c1-16-14(4-2-5-14)12(15)11-3-7-18-13(9-11)6-8-17-10-13/h11-12H,2-10,15H2,1H3. The van der Waals surface area contributed by atoms with E-state index in [0.29, 0.717) is 5.92 Å². The second-order valence-corrected chi connectivity index (χ2v) is 6.24. The van der Waals surface area contributed by atoms with Crippen molar-refractivity contribution in [3.63, 3.8) is 0 Å². The second kappa shape index (κ2) is 4.75. The normalized spacial score (nSPS) is 40.7. The average Bonchev–Trinajstić information content (AvgIpc) is 2.76. The predicted molar refractivity (Wildman–Crippen MR) is 68.4 cm³/mol. The van der Waals surface area contributed by atoms with Gasteiger partial charge in [-0.25, -0.2) is 0 Å². The van der Waals surface area contributed by atoms with Crippen molar-refractivity contribution in [2.24, 2.45) is 11.7 Å². The zero-order valence-corrected chi connectivity index (χ0v) is 11.3. The third-order valence-corrected chi connectivity index (χ3v) is 5.32. The molecule has 0 amide bonds. The summed E-state index contributed by atoms with van der Waals surface area (Å²) in [4.78, 5) is 0. The van der Waals surface area contributed by atoms with Crippen molar-refractivity contribution in [1.29, 1.82) is 0 Å². The summed E-state index contributed by atoms with van der Waals surface area (Å²) in [5.41, 5.74) is 6.43. The van der Waals surface area contributed by atoms with Crippen molar-refractivity contribution in [1.82, 2.24) is 0 Å². The van der Waals surface area contributed by atoms with Crippen molar-refractivity contribution < 1.29 is 14.2 Å². The Balaban J connectivity index is 1.68. The van der Waals surface area contributed by atoms with Gasteiger partial charge in [0.1, 0.15) is 0 Å². The molecule has 2 N–H and O–H groups in total. The van der Waals surface area contributed by atoms with Gasteiger partial charge in [-0.15, -0.1) is 0 Å². The van der Waals surface area contributed by atoms with Crippen LogP contribution in [-0.2, 0) is 14.2 Å². The summed E-state index contributed by atoms with van der Waals surface area (Å²) in [6, 6.07) is 0.151. The number of hydrogen-bond acceptors (Lipinski definition) is 4. The van der Waals surface area contributed by atoms with Gasteiger partial charge in [0.25, 0.3) is 0 Å². The molecule has 0 radical (unpaired) electrons. The summed E-state index contributed by atoms with van der Waals surface area (Å²) in [6.45, 7) is 2.40. The molecule has 3 aliphatic rings. The first-order valence-corrected chi connectivity index (χ1v) is 7.22. The quantitative estimate of drug-likeness (QED) is 0.829. The molecule has 1 spiro atoms. The molecular weight excluding hydrogens is 230 g/mol. The Bertz CT molecular complexity index is 292. The van der Waals surface area contributed by atoms with Gasteiger partial charge in [-0.2, -0.15) is 0 Å². The van der Waals surface area contributed by atoms with E-state index >= 15 is 0 Å². The molecule has 2 saturated heterocycles. The summed E-state index contributed by atoms with van der Waals surface area (Å²) in [7, 11) is 1.81. The second-order valence-electron chi connectivity index (χ2n) is 6.24. The molecule has 0 bridgehead atoms. The maximum atomic E-state index is 6.53. The maximum absolute atomic E-state index is 6.53. The Morgan fingerprint density at radius 1 is 1.28 bits per heavy atom. The molecular formula is C14H25NO3. The Morgan fingerprint density at radius 3 is 2.67 bits per heavy atom. The van der Waals surface area contributed by atoms with Gasteiger partial charge >= 0.3 is 0 Å². The highest BCUT2D eigenvalue weighted by Crippen LogP contribution is 2.44. The molecule has 0 aromatic carbocycles. The highest BCUT2D eigenvalue weighted by Gasteiger charge is 2.50. The number of nitrogens with two attached hydrogens (primary N) is 1. The summed E-state index contributed by atoms with van der Waals surface area (Å²) >= 11 is 0. The monoisotopic (exact) mass is 255 g/mol. The number of hydrogen-bond donors (Lipinski definition) is 1. The minimum Gasteiger partial charge on any atom is -0.378 e. The molecule has 1 saturated carbocycles. The summed E-state index contributed by atoms with van der Waals surface area (Å²) in [5, 5.41) is 0. The highest BCUT2D eigenvalue weighted by molar-refractivity contribution is 5.04. The lowest BCUT2D eigenvalue weighted by Crippen LogP contribution is -2.60. The first-order valence-electron chi connectivity index (χ1n) is 7.22. The van der Waals surface area contributed by atoms with Gasteiger partial charge in [0.15, 0.2) is 0 Å². The Morgan fingerprint density at radius 2 is 2.11 bits per heavy atom. The van der Waals surface area contributed by atoms with Gasteiger partial charge in [-0.1, -0.05) is 0 Å². The minimum absolute atomic E-state index is 0.0424. The zero-order chi connectivity index (χ0) is 12.6. The van der Waals surface area contributed by atoms with Gasteiger partial charge in [0.05, 0.1) is 17.8 Å². The topological polar surface area (TPSA) is 53.7 Å². The van der Waals surface area contributed by atoms with E-state index in [1.165, 1.54) is 6.42 Å². The van der Waals surface area contributed by atoms with Crippen LogP contribution in [0, 0.1) is 5.92 Å². The van der Waals surface area contributed by atoms with Gasteiger partial charge in [-0.05, 0) is 38.0 Å². The Hall–Kier alpha value is -0.160. The van der Waals surface area contributed by atoms with Crippen molar-refractivity contribution in [3.8, 4) is 0 Å². The van der Waals surface area contributed by atoms with Crippen LogP contribution in [0.15, 0.2) is 0 Å². The minimum atomic E-state index is -0.0529. The lowest BCUT2D eigenvalue weighted by molar-refractivity contribution is -0.141. The van der Waals surface area contributed by atoms with Crippen LogP contribution in [0.1, 0.15) is 38.5 Å². The van der Waals surface area contributed by atoms with Gasteiger partial charge < -0.3 is 19.9 Å². The molecule has 3 atom stereocenters. The first-order chi connectivity index (χ1) is 8.70. The van der Waals surface area contributed by atoms with E-state index in [9.17, 15) is 0 Å². The molecule has 4 heteroatoms. The molecule has 3 rings (SSSR count). The van der Waals surface area contributed by atoms with Crippen molar-refractivity contribution in [2.75, 3.05) is 26.9 Å². The first kappa shape index (κ1) is 12.9. The molecule has 0 aromatic rings. The Labute approximate surface area is 109 Å². The molecule has 0 aromatic heterocycles. The van der Waals surface area contributed by atoms with Crippen LogP contribution in [0.25, 0.3) is 0 Å². The fraction of sp³-hybridized carbons (Fsp3) is 1.00. The largest absolute Gasteiger partial charge is 0.378 e. The summed E-state index contributed by atoms with van der Waals surface area (Å²) in [6.07, 6.45) is 6.61. The van der Waals surface area contributed by atoms with E-state index in [1.54, 1.807) is 0 Å². The van der Waals surface area contributed by atoms with Crippen LogP contribution >= 0.6 is 0 Å². The van der Waals surface area contributed by atoms with Crippen molar-refractivity contribution in [2.45, 2.75) is 55.8 Å². The third-order valence-electron chi connectivity index (χ3n) is 5.32. The average molecular weight is 255 g/mol. The molecule has 2 heterocycles. The van der Waals surface area contributed by atoms with Gasteiger partial charge in [0.2, 0.25) is 0 Å². The highest BCUT2D eigenvalue weighted by atomic mass is 16.6. The summed E-state index contributed by atoms with van der Waals surface area (Å²) in [5.74, 6) is 0.515. The van der Waals surface area contributed by atoms with E-state index in [1.807, 2.05) is 7.11 Å². The van der Waals surface area contributed by atoms with Crippen LogP contribution in [0.5, 0.6) is 0 Å². The van der Waals surface area contributed by atoms with Crippen LogP contribution < -0.4 is 5.73 Å². The van der Waals surface area contributed by atoms with E-state index < -0.39 is 0 Å². The van der Waals surface area contributed by atoms with E-state index in [4.69, 9.17) is 19.9 Å².